The van der Waals surface area contributed by atoms with Gasteiger partial charge in [-0.05, 0) is 25.7 Å². The molecule has 1 aromatic rings. The van der Waals surface area contributed by atoms with Gasteiger partial charge in [-0.15, -0.1) is 0 Å². The largest absolute Gasteiger partial charge is 0.463 e. The lowest BCUT2D eigenvalue weighted by atomic mass is 10.5. The third-order valence-electron chi connectivity index (χ3n) is 1.93. The second-order valence-corrected chi connectivity index (χ2v) is 3.25. The molecule has 66 valence electrons. The maximum absolute atomic E-state index is 12.9. The van der Waals surface area contributed by atoms with Crippen LogP contribution in [0.2, 0.25) is 0 Å². The van der Waals surface area contributed by atoms with Gasteiger partial charge in [-0.1, -0.05) is 0 Å². The number of rotatable bonds is 3. The zero-order valence-electron chi connectivity index (χ0n) is 6.97. The van der Waals surface area contributed by atoms with Crippen LogP contribution in [-0.4, -0.2) is 6.61 Å². The molecule has 0 radical (unpaired) electrons. The minimum atomic E-state index is -0.395. The molecule has 2 nitrogen and oxygen atoms in total. The van der Waals surface area contributed by atoms with Crippen molar-refractivity contribution in [3.05, 3.63) is 17.6 Å². The molecule has 12 heavy (non-hydrogen) atoms. The number of halogens is 1. The van der Waals surface area contributed by atoms with Crippen LogP contribution in [0, 0.1) is 18.7 Å². The smallest absolute Gasteiger partial charge is 0.322 e. The van der Waals surface area contributed by atoms with Crippen molar-refractivity contribution in [2.24, 2.45) is 5.92 Å². The summed E-state index contributed by atoms with van der Waals surface area (Å²) < 4.78 is 23.0. The Balaban J connectivity index is 1.96. The Morgan fingerprint density at radius 2 is 2.42 bits per heavy atom. The topological polar surface area (TPSA) is 22.4 Å². The predicted octanol–water partition coefficient (Wildman–Crippen LogP) is 2.52. The van der Waals surface area contributed by atoms with Crippen molar-refractivity contribution in [1.82, 2.24) is 0 Å². The number of furan rings is 1. The van der Waals surface area contributed by atoms with Gasteiger partial charge in [0, 0.05) is 6.07 Å². The van der Waals surface area contributed by atoms with Gasteiger partial charge in [0.15, 0.2) is 0 Å². The van der Waals surface area contributed by atoms with Gasteiger partial charge < -0.3 is 9.15 Å². The third kappa shape index (κ3) is 1.60. The molecule has 0 N–H and O–H groups in total. The first-order valence-electron chi connectivity index (χ1n) is 4.14. The summed E-state index contributed by atoms with van der Waals surface area (Å²) in [5.74, 6) is 0.820. The van der Waals surface area contributed by atoms with E-state index >= 15 is 0 Å². The Kier molecular flexibility index (Phi) is 1.79. The minimum absolute atomic E-state index is 0.0411. The monoisotopic (exact) mass is 170 g/mol. The molecule has 0 aromatic carbocycles. The molecule has 0 bridgehead atoms. The summed E-state index contributed by atoms with van der Waals surface area (Å²) in [7, 11) is 0. The van der Waals surface area contributed by atoms with Gasteiger partial charge in [0.1, 0.15) is 5.76 Å². The molecule has 0 aliphatic heterocycles. The average molecular weight is 170 g/mol. The van der Waals surface area contributed by atoms with Crippen molar-refractivity contribution < 1.29 is 13.5 Å². The fourth-order valence-corrected chi connectivity index (χ4v) is 1.04. The lowest BCUT2D eigenvalue weighted by Gasteiger charge is -1.99. The summed E-state index contributed by atoms with van der Waals surface area (Å²) in [6.45, 7) is 2.29. The molecule has 3 heteroatoms. The van der Waals surface area contributed by atoms with E-state index in [1.54, 1.807) is 6.92 Å². The molecular weight excluding hydrogens is 159 g/mol. The Morgan fingerprint density at radius 3 is 2.92 bits per heavy atom. The molecule has 1 saturated carbocycles. The summed E-state index contributed by atoms with van der Waals surface area (Å²) in [5, 5.41) is 0. The van der Waals surface area contributed by atoms with Gasteiger partial charge in [0.05, 0.1) is 6.61 Å². The van der Waals surface area contributed by atoms with Gasteiger partial charge in [-0.25, -0.2) is 0 Å². The molecule has 0 spiro atoms. The van der Waals surface area contributed by atoms with Crippen LogP contribution in [0.5, 0.6) is 5.95 Å². The van der Waals surface area contributed by atoms with Gasteiger partial charge >= 0.3 is 5.95 Å². The Hall–Kier alpha value is -0.990. The summed E-state index contributed by atoms with van der Waals surface area (Å²) in [6, 6.07) is 1.34. The molecule has 0 atom stereocenters. The molecular formula is C9H11FO2. The Bertz CT molecular complexity index is 276. The second kappa shape index (κ2) is 2.81. The van der Waals surface area contributed by atoms with E-state index in [0.717, 1.165) is 0 Å². The Labute approximate surface area is 70.3 Å². The van der Waals surface area contributed by atoms with Gasteiger partial charge in [-0.2, -0.15) is 4.39 Å². The van der Waals surface area contributed by atoms with Crippen LogP contribution >= 0.6 is 0 Å². The molecule has 0 amide bonds. The van der Waals surface area contributed by atoms with Crippen molar-refractivity contribution in [3.8, 4) is 5.95 Å². The standard InChI is InChI=1S/C9H11FO2/c1-6-4-8(10)9(12-6)11-5-7-2-3-7/h4,7H,2-3,5H2,1H3. The molecule has 0 saturated heterocycles. The fourth-order valence-electron chi connectivity index (χ4n) is 1.04. The first-order valence-corrected chi connectivity index (χ1v) is 4.14. The van der Waals surface area contributed by atoms with E-state index in [1.165, 1.54) is 18.9 Å². The van der Waals surface area contributed by atoms with E-state index < -0.39 is 5.82 Å². The Morgan fingerprint density at radius 1 is 1.67 bits per heavy atom. The van der Waals surface area contributed by atoms with Crippen LogP contribution in [0.1, 0.15) is 18.6 Å². The average Bonchev–Trinajstić information content (AvgIpc) is 2.76. The molecule has 0 unspecified atom stereocenters. The van der Waals surface area contributed by atoms with E-state index in [1.807, 2.05) is 0 Å². The highest BCUT2D eigenvalue weighted by molar-refractivity contribution is 5.13. The predicted molar refractivity (Wildman–Crippen MR) is 41.6 cm³/mol. The number of hydrogen-bond donors (Lipinski definition) is 0. The summed E-state index contributed by atoms with van der Waals surface area (Å²) in [6.07, 6.45) is 2.39. The van der Waals surface area contributed by atoms with Crippen molar-refractivity contribution >= 4 is 0 Å². The van der Waals surface area contributed by atoms with Gasteiger partial charge in [0.25, 0.3) is 0 Å². The number of aryl methyl sites for hydroxylation is 1. The lowest BCUT2D eigenvalue weighted by molar-refractivity contribution is 0.215. The molecule has 2 rings (SSSR count). The van der Waals surface area contributed by atoms with Crippen LogP contribution in [0.25, 0.3) is 0 Å². The van der Waals surface area contributed by atoms with E-state index in [2.05, 4.69) is 0 Å². The number of hydrogen-bond acceptors (Lipinski definition) is 2. The van der Waals surface area contributed by atoms with Gasteiger partial charge in [-0.3, -0.25) is 0 Å². The van der Waals surface area contributed by atoms with E-state index in [4.69, 9.17) is 9.15 Å². The molecule has 1 heterocycles. The van der Waals surface area contributed by atoms with Crippen LogP contribution in [0.3, 0.4) is 0 Å². The molecule has 1 aliphatic rings. The van der Waals surface area contributed by atoms with Crippen molar-refractivity contribution in [2.75, 3.05) is 6.61 Å². The molecule has 1 aromatic heterocycles. The highest BCUT2D eigenvalue weighted by Crippen LogP contribution is 2.30. The van der Waals surface area contributed by atoms with E-state index in [9.17, 15) is 4.39 Å². The first kappa shape index (κ1) is 7.65. The first-order chi connectivity index (χ1) is 5.75. The van der Waals surface area contributed by atoms with E-state index in [0.29, 0.717) is 18.3 Å². The highest BCUT2D eigenvalue weighted by Gasteiger charge is 2.23. The maximum atomic E-state index is 12.9. The molecule has 1 fully saturated rings. The highest BCUT2D eigenvalue weighted by atomic mass is 19.1. The lowest BCUT2D eigenvalue weighted by Crippen LogP contribution is -1.98. The van der Waals surface area contributed by atoms with Gasteiger partial charge in [0.2, 0.25) is 5.82 Å². The van der Waals surface area contributed by atoms with Crippen LogP contribution < -0.4 is 4.74 Å². The van der Waals surface area contributed by atoms with Crippen molar-refractivity contribution in [3.63, 3.8) is 0 Å². The summed E-state index contributed by atoms with van der Waals surface area (Å²) in [5.41, 5.74) is 0. The number of ether oxygens (including phenoxy) is 1. The summed E-state index contributed by atoms with van der Waals surface area (Å²) in [4.78, 5) is 0. The molecule has 1 aliphatic carbocycles. The second-order valence-electron chi connectivity index (χ2n) is 3.25. The van der Waals surface area contributed by atoms with Crippen LogP contribution in [-0.2, 0) is 0 Å². The normalized spacial score (nSPS) is 16.5. The van der Waals surface area contributed by atoms with Crippen LogP contribution in [0.15, 0.2) is 10.5 Å². The van der Waals surface area contributed by atoms with Crippen LogP contribution in [0.4, 0.5) is 4.39 Å². The summed E-state index contributed by atoms with van der Waals surface area (Å²) >= 11 is 0. The fraction of sp³-hybridized carbons (Fsp3) is 0.556. The third-order valence-corrected chi connectivity index (χ3v) is 1.93. The quantitative estimate of drug-likeness (QED) is 0.695. The minimum Gasteiger partial charge on any atom is -0.463 e. The van der Waals surface area contributed by atoms with Crippen molar-refractivity contribution in [2.45, 2.75) is 19.8 Å². The zero-order valence-corrected chi connectivity index (χ0v) is 6.97. The SMILES string of the molecule is Cc1cc(F)c(OCC2CC2)o1. The van der Waals surface area contributed by atoms with E-state index in [-0.39, 0.29) is 5.95 Å². The van der Waals surface area contributed by atoms with Crippen molar-refractivity contribution in [1.29, 1.82) is 0 Å². The zero-order chi connectivity index (χ0) is 8.55. The maximum Gasteiger partial charge on any atom is 0.322 e.